The molecular weight excluding hydrogens is 674 g/mol. The number of fused-ring (bicyclic) bond motifs is 3. The molecule has 0 unspecified atom stereocenters. The maximum atomic E-state index is 13.5. The maximum absolute atomic E-state index is 13.5. The number of carbonyl (C=O) groups is 1. The van der Waals surface area contributed by atoms with Gasteiger partial charge in [-0.05, 0) is 117 Å². The van der Waals surface area contributed by atoms with Crippen LogP contribution >= 0.6 is 11.6 Å². The van der Waals surface area contributed by atoms with Gasteiger partial charge in [-0.15, -0.1) is 0 Å². The predicted molar refractivity (Wildman–Crippen MR) is 196 cm³/mol. The van der Waals surface area contributed by atoms with E-state index in [0.717, 1.165) is 48.9 Å². The van der Waals surface area contributed by atoms with Gasteiger partial charge in [0.05, 0.1) is 28.3 Å². The molecule has 1 aromatic heterocycles. The third-order valence-electron chi connectivity index (χ3n) is 11.1. The fraction of sp³-hybridized carbons (Fsp3) is 0.487. The van der Waals surface area contributed by atoms with E-state index in [0.29, 0.717) is 49.0 Å². The molecule has 268 valence electrons. The van der Waals surface area contributed by atoms with Crippen LogP contribution < -0.4 is 14.4 Å². The van der Waals surface area contributed by atoms with Crippen LogP contribution in [0.2, 0.25) is 5.02 Å². The number of sulfonamides is 1. The van der Waals surface area contributed by atoms with E-state index >= 15 is 0 Å². The van der Waals surface area contributed by atoms with Gasteiger partial charge in [-0.1, -0.05) is 42.8 Å². The highest BCUT2D eigenvalue weighted by Gasteiger charge is 2.48. The number of hydrogen-bond donors (Lipinski definition) is 2. The molecule has 1 fully saturated rings. The molecule has 9 nitrogen and oxygen atoms in total. The lowest BCUT2D eigenvalue weighted by atomic mass is 9.62. The summed E-state index contributed by atoms with van der Waals surface area (Å²) >= 11 is 6.37. The zero-order valence-electron chi connectivity index (χ0n) is 29.1. The number of aromatic nitrogens is 1. The van der Waals surface area contributed by atoms with Crippen molar-refractivity contribution in [3.8, 4) is 5.75 Å². The second-order valence-electron chi connectivity index (χ2n) is 14.2. The molecule has 2 aromatic carbocycles. The van der Waals surface area contributed by atoms with Crippen LogP contribution in [-0.4, -0.2) is 55.5 Å². The van der Waals surface area contributed by atoms with Crippen molar-refractivity contribution in [1.29, 1.82) is 0 Å². The molecule has 1 aliphatic carbocycles. The summed E-state index contributed by atoms with van der Waals surface area (Å²) in [5.74, 6) is -0.0497. The van der Waals surface area contributed by atoms with E-state index in [1.54, 1.807) is 38.4 Å². The number of pyridine rings is 1. The van der Waals surface area contributed by atoms with Crippen LogP contribution in [-0.2, 0) is 27.8 Å². The molecule has 0 radical (unpaired) electrons. The number of hydrogen-bond acceptors (Lipinski definition) is 8. The Morgan fingerprint density at radius 3 is 2.70 bits per heavy atom. The van der Waals surface area contributed by atoms with Crippen molar-refractivity contribution >= 4 is 33.2 Å². The number of amides is 1. The Morgan fingerprint density at radius 1 is 1.12 bits per heavy atom. The van der Waals surface area contributed by atoms with Crippen molar-refractivity contribution in [2.24, 2.45) is 17.8 Å². The zero-order valence-corrected chi connectivity index (χ0v) is 30.6. The highest BCUT2D eigenvalue weighted by Crippen LogP contribution is 2.49. The number of benzene rings is 2. The number of methoxy groups -OCH3 is 1. The Hall–Kier alpha value is -3.44. The van der Waals surface area contributed by atoms with Gasteiger partial charge in [-0.3, -0.25) is 9.78 Å². The Labute approximate surface area is 301 Å². The highest BCUT2D eigenvalue weighted by molar-refractivity contribution is 7.90. The Morgan fingerprint density at radius 2 is 1.96 bits per heavy atom. The second-order valence-corrected chi connectivity index (χ2v) is 16.6. The smallest absolute Gasteiger partial charge is 0.264 e. The minimum Gasteiger partial charge on any atom is -0.487 e. The molecule has 3 aliphatic rings. The Kier molecular flexibility index (Phi) is 11.2. The lowest BCUT2D eigenvalue weighted by Crippen LogP contribution is -2.51. The third-order valence-corrected chi connectivity index (χ3v) is 13.2. The van der Waals surface area contributed by atoms with Gasteiger partial charge in [0.15, 0.2) is 0 Å². The van der Waals surface area contributed by atoms with E-state index in [4.69, 9.17) is 21.1 Å². The second kappa shape index (κ2) is 15.4. The molecule has 6 rings (SSSR count). The standard InChI is InChI=1S/C39H48ClN3O6S/c1-26-9-8-18-39(48-3,23-36(44)34-11-4-6-19-41-34)33-16-13-30(33)24-43-20-7-5-10-28-21-32(40)15-12-31(28)25-49-37-17-14-29(22-35(37)43)38(45)42-50(46,47)27(26)2/h4,6,8,11-12,14-15,17-19,21-22,26-27,30,33,36,44H,5,7,9-10,13,16,20,23-25H2,1-3H3,(H,42,45)/b18-8+/t26-,27+,30-,33+,36-,39+/m0/s1. The van der Waals surface area contributed by atoms with Crippen LogP contribution in [0, 0.1) is 17.8 Å². The van der Waals surface area contributed by atoms with E-state index in [9.17, 15) is 18.3 Å². The van der Waals surface area contributed by atoms with E-state index in [2.05, 4.69) is 14.6 Å². The SMILES string of the molecule is CO[C@@]1(C[C@H](O)c2ccccn2)/C=C/C[C@H](C)[C@@H](C)S(=O)(=O)NC(=O)c2ccc3c(c2)N(CCCCc2cc(Cl)ccc2CO3)C[C@@H]2CC[C@H]21. The van der Waals surface area contributed by atoms with E-state index in [1.807, 2.05) is 55.5 Å². The van der Waals surface area contributed by atoms with Gasteiger partial charge in [-0.25, -0.2) is 13.1 Å². The lowest BCUT2D eigenvalue weighted by Gasteiger charge is -2.50. The fourth-order valence-electron chi connectivity index (χ4n) is 7.68. The monoisotopic (exact) mass is 721 g/mol. The summed E-state index contributed by atoms with van der Waals surface area (Å²) in [4.78, 5) is 20.2. The number of carbonyl (C=O) groups excluding carboxylic acids is 1. The molecule has 2 N–H and O–H groups in total. The fourth-order valence-corrected chi connectivity index (χ4v) is 9.16. The van der Waals surface area contributed by atoms with Crippen molar-refractivity contribution in [2.45, 2.75) is 82.4 Å². The number of anilines is 1. The van der Waals surface area contributed by atoms with Crippen LogP contribution in [0.5, 0.6) is 5.75 Å². The van der Waals surface area contributed by atoms with Gasteiger partial charge in [0.2, 0.25) is 10.0 Å². The number of nitrogens with zero attached hydrogens (tertiary/aromatic N) is 2. The summed E-state index contributed by atoms with van der Waals surface area (Å²) < 4.78 is 42.2. The van der Waals surface area contributed by atoms with E-state index in [1.165, 1.54) is 0 Å². The zero-order chi connectivity index (χ0) is 35.5. The third kappa shape index (κ3) is 7.88. The van der Waals surface area contributed by atoms with Gasteiger partial charge < -0.3 is 19.5 Å². The summed E-state index contributed by atoms with van der Waals surface area (Å²) in [6.45, 7) is 5.21. The quantitative estimate of drug-likeness (QED) is 0.276. The number of aliphatic hydroxyl groups is 1. The summed E-state index contributed by atoms with van der Waals surface area (Å²) in [6, 6.07) is 16.6. The van der Waals surface area contributed by atoms with Crippen molar-refractivity contribution in [3.05, 3.63) is 100 Å². The molecule has 0 saturated heterocycles. The molecular formula is C39H48ClN3O6S. The van der Waals surface area contributed by atoms with Crippen molar-refractivity contribution in [3.63, 3.8) is 0 Å². The van der Waals surface area contributed by atoms with Crippen molar-refractivity contribution in [1.82, 2.24) is 9.71 Å². The summed E-state index contributed by atoms with van der Waals surface area (Å²) in [5.41, 5.74) is 2.98. The number of aliphatic hydroxyl groups excluding tert-OH is 1. The van der Waals surface area contributed by atoms with Crippen molar-refractivity contribution in [2.75, 3.05) is 25.1 Å². The van der Waals surface area contributed by atoms with Crippen LogP contribution in [0.3, 0.4) is 0 Å². The van der Waals surface area contributed by atoms with Crippen LogP contribution in [0.15, 0.2) is 72.9 Å². The van der Waals surface area contributed by atoms with E-state index in [-0.39, 0.29) is 23.3 Å². The molecule has 11 heteroatoms. The molecule has 2 aliphatic heterocycles. The lowest BCUT2D eigenvalue weighted by molar-refractivity contribution is -0.0992. The van der Waals surface area contributed by atoms with Gasteiger partial charge in [-0.2, -0.15) is 0 Å². The Bertz CT molecular complexity index is 1800. The van der Waals surface area contributed by atoms with Crippen LogP contribution in [0.1, 0.15) is 85.7 Å². The summed E-state index contributed by atoms with van der Waals surface area (Å²) in [7, 11) is -2.31. The predicted octanol–water partition coefficient (Wildman–Crippen LogP) is 7.04. The molecule has 0 spiro atoms. The number of halogens is 1. The molecule has 3 aromatic rings. The first-order valence-corrected chi connectivity index (χ1v) is 19.6. The minimum absolute atomic E-state index is 0.0758. The molecule has 6 atom stereocenters. The van der Waals surface area contributed by atoms with Crippen LogP contribution in [0.4, 0.5) is 5.69 Å². The van der Waals surface area contributed by atoms with E-state index < -0.39 is 32.9 Å². The average Bonchev–Trinajstić information content (AvgIpc) is 3.12. The van der Waals surface area contributed by atoms with Gasteiger partial charge in [0.1, 0.15) is 12.4 Å². The molecule has 1 saturated carbocycles. The number of rotatable bonds is 4. The van der Waals surface area contributed by atoms with Crippen molar-refractivity contribution < 1.29 is 27.8 Å². The van der Waals surface area contributed by atoms with Crippen LogP contribution in [0.25, 0.3) is 0 Å². The normalized spacial score (nSPS) is 28.3. The number of ether oxygens (including phenoxy) is 2. The molecule has 3 heterocycles. The molecule has 50 heavy (non-hydrogen) atoms. The van der Waals surface area contributed by atoms with Gasteiger partial charge in [0.25, 0.3) is 5.91 Å². The summed E-state index contributed by atoms with van der Waals surface area (Å²) in [5, 5.41) is 11.3. The topological polar surface area (TPSA) is 118 Å². The molecule has 2 bridgehead atoms. The highest BCUT2D eigenvalue weighted by atomic mass is 35.5. The largest absolute Gasteiger partial charge is 0.487 e. The number of aryl methyl sites for hydroxylation is 1. The average molecular weight is 722 g/mol. The first kappa shape index (κ1) is 36.4. The Balaban J connectivity index is 1.41. The minimum atomic E-state index is -4.00. The van der Waals surface area contributed by atoms with Gasteiger partial charge >= 0.3 is 0 Å². The summed E-state index contributed by atoms with van der Waals surface area (Å²) in [6.07, 6.45) is 10.2. The maximum Gasteiger partial charge on any atom is 0.264 e. The number of allylic oxidation sites excluding steroid dienone is 1. The van der Waals surface area contributed by atoms with Gasteiger partial charge in [0, 0.05) is 43.4 Å². The molecule has 1 amide bonds. The first-order chi connectivity index (χ1) is 24.0. The first-order valence-electron chi connectivity index (χ1n) is 17.7. The number of nitrogens with one attached hydrogen (secondary N) is 1.